The van der Waals surface area contributed by atoms with Gasteiger partial charge >= 0.3 is 0 Å². The van der Waals surface area contributed by atoms with Crippen LogP contribution >= 0.6 is 23.2 Å². The molecule has 1 heterocycles. The predicted molar refractivity (Wildman–Crippen MR) is 114 cm³/mol. The highest BCUT2D eigenvalue weighted by Crippen LogP contribution is 2.29. The Bertz CT molecular complexity index is 999. The van der Waals surface area contributed by atoms with Crippen molar-refractivity contribution in [1.29, 1.82) is 0 Å². The first-order chi connectivity index (χ1) is 14.0. The maximum absolute atomic E-state index is 12.8. The van der Waals surface area contributed by atoms with Crippen LogP contribution in [0, 0.1) is 0 Å². The van der Waals surface area contributed by atoms with Crippen molar-refractivity contribution in [3.8, 4) is 11.3 Å². The van der Waals surface area contributed by atoms with E-state index in [4.69, 9.17) is 27.6 Å². The highest BCUT2D eigenvalue weighted by Gasteiger charge is 2.21. The van der Waals surface area contributed by atoms with Gasteiger partial charge in [-0.05, 0) is 48.9 Å². The summed E-state index contributed by atoms with van der Waals surface area (Å²) in [6.45, 7) is 2.47. The van der Waals surface area contributed by atoms with Crippen LogP contribution in [0.4, 0.5) is 0 Å². The minimum atomic E-state index is -0.354. The molecule has 0 aliphatic heterocycles. The van der Waals surface area contributed by atoms with E-state index in [1.54, 1.807) is 30.3 Å². The lowest BCUT2D eigenvalue weighted by Gasteiger charge is -2.19. The van der Waals surface area contributed by atoms with Gasteiger partial charge < -0.3 is 14.6 Å². The summed E-state index contributed by atoms with van der Waals surface area (Å²) < 4.78 is 5.70. The Kier molecular flexibility index (Phi) is 6.96. The molecule has 2 aromatic carbocycles. The molecule has 0 radical (unpaired) electrons. The second kappa shape index (κ2) is 9.63. The van der Waals surface area contributed by atoms with Gasteiger partial charge in [0.05, 0.1) is 11.6 Å². The molecule has 5 nitrogen and oxygen atoms in total. The molecular weight excluding hydrogens is 411 g/mol. The molecule has 0 aliphatic carbocycles. The van der Waals surface area contributed by atoms with Crippen molar-refractivity contribution in [2.75, 3.05) is 13.1 Å². The number of furan rings is 1. The van der Waals surface area contributed by atoms with E-state index in [0.29, 0.717) is 34.5 Å². The number of hydrogen-bond donors (Lipinski definition) is 1. The molecule has 0 aliphatic rings. The monoisotopic (exact) mass is 430 g/mol. The van der Waals surface area contributed by atoms with Gasteiger partial charge in [-0.1, -0.05) is 47.5 Å². The maximum Gasteiger partial charge on any atom is 0.290 e. The minimum absolute atomic E-state index is 0.0644. The quantitative estimate of drug-likeness (QED) is 0.571. The Labute approximate surface area is 179 Å². The van der Waals surface area contributed by atoms with Crippen molar-refractivity contribution in [2.45, 2.75) is 13.5 Å². The van der Waals surface area contributed by atoms with E-state index in [0.717, 1.165) is 5.56 Å². The zero-order valence-corrected chi connectivity index (χ0v) is 17.3. The van der Waals surface area contributed by atoms with Crippen molar-refractivity contribution >= 4 is 35.0 Å². The summed E-state index contributed by atoms with van der Waals surface area (Å²) in [6.07, 6.45) is 0. The summed E-state index contributed by atoms with van der Waals surface area (Å²) in [5.41, 5.74) is 1.63. The molecule has 3 aromatic rings. The van der Waals surface area contributed by atoms with E-state index in [-0.39, 0.29) is 24.1 Å². The largest absolute Gasteiger partial charge is 0.451 e. The first-order valence-electron chi connectivity index (χ1n) is 9.13. The summed E-state index contributed by atoms with van der Waals surface area (Å²) in [5.74, 6) is 0.0509. The Morgan fingerprint density at radius 2 is 1.72 bits per heavy atom. The average Bonchev–Trinajstić information content (AvgIpc) is 3.21. The number of carbonyl (C=O) groups excluding carboxylic acids is 2. The van der Waals surface area contributed by atoms with Crippen molar-refractivity contribution in [3.63, 3.8) is 0 Å². The fraction of sp³-hybridized carbons (Fsp3) is 0.182. The van der Waals surface area contributed by atoms with E-state index in [1.807, 2.05) is 37.3 Å². The summed E-state index contributed by atoms with van der Waals surface area (Å²) >= 11 is 12.0. The van der Waals surface area contributed by atoms with Gasteiger partial charge in [-0.25, -0.2) is 0 Å². The fourth-order valence-corrected chi connectivity index (χ4v) is 3.13. The third kappa shape index (κ3) is 5.40. The molecule has 0 spiro atoms. The molecule has 0 saturated carbocycles. The molecule has 0 fully saturated rings. The van der Waals surface area contributed by atoms with Crippen LogP contribution in [0.5, 0.6) is 0 Å². The molecule has 2 amide bonds. The average molecular weight is 431 g/mol. The summed E-state index contributed by atoms with van der Waals surface area (Å²) in [7, 11) is 0. The van der Waals surface area contributed by atoms with Gasteiger partial charge in [0.15, 0.2) is 5.76 Å². The number of nitrogens with zero attached hydrogens (tertiary/aromatic N) is 1. The van der Waals surface area contributed by atoms with Crippen molar-refractivity contribution < 1.29 is 14.0 Å². The van der Waals surface area contributed by atoms with Gasteiger partial charge in [-0.3, -0.25) is 9.59 Å². The summed E-state index contributed by atoms with van der Waals surface area (Å²) in [5, 5.41) is 3.98. The molecule has 7 heteroatoms. The van der Waals surface area contributed by atoms with Gasteiger partial charge in [0.1, 0.15) is 5.76 Å². The lowest BCUT2D eigenvalue weighted by molar-refractivity contribution is -0.121. The fourth-order valence-electron chi connectivity index (χ4n) is 2.77. The van der Waals surface area contributed by atoms with E-state index in [1.165, 1.54) is 4.90 Å². The predicted octanol–water partition coefficient (Wildman–Crippen LogP) is 5.03. The maximum atomic E-state index is 12.8. The smallest absolute Gasteiger partial charge is 0.290 e. The normalized spacial score (nSPS) is 10.6. The lowest BCUT2D eigenvalue weighted by Crippen LogP contribution is -2.40. The molecule has 3 rings (SSSR count). The van der Waals surface area contributed by atoms with Crippen molar-refractivity contribution in [1.82, 2.24) is 10.2 Å². The molecule has 0 saturated heterocycles. The Morgan fingerprint density at radius 1 is 1.00 bits per heavy atom. The standard InChI is InChI=1S/C22H20Cl2N2O3/c1-2-26(14-21(27)25-13-15-7-9-16(23)10-8-15)22(28)20-12-11-19(29-20)17-5-3-4-6-18(17)24/h3-12H,2,13-14H2,1H3,(H,25,27). The Morgan fingerprint density at radius 3 is 2.41 bits per heavy atom. The molecule has 0 bridgehead atoms. The molecule has 1 N–H and O–H groups in total. The Hall–Kier alpha value is -2.76. The zero-order valence-electron chi connectivity index (χ0n) is 15.8. The van der Waals surface area contributed by atoms with E-state index in [9.17, 15) is 9.59 Å². The summed E-state index contributed by atoms with van der Waals surface area (Å²) in [6, 6.07) is 17.7. The van der Waals surface area contributed by atoms with E-state index >= 15 is 0 Å². The van der Waals surface area contributed by atoms with Crippen LogP contribution in [0.1, 0.15) is 23.0 Å². The molecule has 0 unspecified atom stereocenters. The highest BCUT2D eigenvalue weighted by molar-refractivity contribution is 6.33. The lowest BCUT2D eigenvalue weighted by atomic mass is 10.2. The van der Waals surface area contributed by atoms with Crippen molar-refractivity contribution in [3.05, 3.63) is 82.0 Å². The van der Waals surface area contributed by atoms with Gasteiger partial charge in [-0.15, -0.1) is 0 Å². The first-order valence-corrected chi connectivity index (χ1v) is 9.88. The number of rotatable bonds is 7. The highest BCUT2D eigenvalue weighted by atomic mass is 35.5. The van der Waals surface area contributed by atoms with Crippen LogP contribution < -0.4 is 5.32 Å². The van der Waals surface area contributed by atoms with Crippen LogP contribution in [-0.4, -0.2) is 29.8 Å². The molecule has 1 aromatic heterocycles. The van der Waals surface area contributed by atoms with Crippen LogP contribution in [0.25, 0.3) is 11.3 Å². The number of nitrogens with one attached hydrogen (secondary N) is 1. The minimum Gasteiger partial charge on any atom is -0.451 e. The van der Waals surface area contributed by atoms with E-state index in [2.05, 4.69) is 5.32 Å². The van der Waals surface area contributed by atoms with Gasteiger partial charge in [0.2, 0.25) is 5.91 Å². The van der Waals surface area contributed by atoms with Crippen LogP contribution in [0.2, 0.25) is 10.0 Å². The van der Waals surface area contributed by atoms with Gasteiger partial charge in [0, 0.05) is 23.7 Å². The Balaban J connectivity index is 1.62. The van der Waals surface area contributed by atoms with Crippen molar-refractivity contribution in [2.24, 2.45) is 0 Å². The second-order valence-electron chi connectivity index (χ2n) is 6.37. The number of halogens is 2. The first kappa shape index (κ1) is 21.0. The third-order valence-corrected chi connectivity index (χ3v) is 4.94. The number of likely N-dealkylation sites (N-methyl/N-ethyl adjacent to an activating group) is 1. The summed E-state index contributed by atoms with van der Waals surface area (Å²) in [4.78, 5) is 26.5. The number of amides is 2. The molecule has 0 atom stereocenters. The molecule has 150 valence electrons. The zero-order chi connectivity index (χ0) is 20.8. The van der Waals surface area contributed by atoms with Crippen LogP contribution in [0.15, 0.2) is 65.1 Å². The van der Waals surface area contributed by atoms with E-state index < -0.39 is 0 Å². The number of carbonyl (C=O) groups is 2. The van der Waals surface area contributed by atoms with Gasteiger partial charge in [-0.2, -0.15) is 0 Å². The topological polar surface area (TPSA) is 62.6 Å². The number of hydrogen-bond acceptors (Lipinski definition) is 3. The SMILES string of the molecule is CCN(CC(=O)NCc1ccc(Cl)cc1)C(=O)c1ccc(-c2ccccc2Cl)o1. The van der Waals surface area contributed by atoms with Crippen LogP contribution in [-0.2, 0) is 11.3 Å². The second-order valence-corrected chi connectivity index (χ2v) is 7.21. The van der Waals surface area contributed by atoms with Crippen LogP contribution in [0.3, 0.4) is 0 Å². The molecule has 29 heavy (non-hydrogen) atoms. The third-order valence-electron chi connectivity index (χ3n) is 4.36. The van der Waals surface area contributed by atoms with Gasteiger partial charge in [0.25, 0.3) is 5.91 Å². The number of benzene rings is 2. The molecular formula is C22H20Cl2N2O3.